The number of aryl methyl sites for hydroxylation is 1. The summed E-state index contributed by atoms with van der Waals surface area (Å²) < 4.78 is 5.51. The molecule has 2 heterocycles. The van der Waals surface area contributed by atoms with E-state index < -0.39 is 0 Å². The van der Waals surface area contributed by atoms with Crippen LogP contribution in [0.1, 0.15) is 23.7 Å². The third-order valence-corrected chi connectivity index (χ3v) is 5.52. The van der Waals surface area contributed by atoms with Gasteiger partial charge < -0.3 is 19.9 Å². The first-order chi connectivity index (χ1) is 13.0. The second-order valence-electron chi connectivity index (χ2n) is 6.47. The van der Waals surface area contributed by atoms with Crippen LogP contribution in [0.5, 0.6) is 5.75 Å². The van der Waals surface area contributed by atoms with Gasteiger partial charge in [0.1, 0.15) is 10.8 Å². The Hall–Kier alpha value is -2.61. The molecule has 0 spiro atoms. The Morgan fingerprint density at radius 2 is 1.85 bits per heavy atom. The van der Waals surface area contributed by atoms with Gasteiger partial charge in [-0.15, -0.1) is 11.3 Å². The molecular weight excluding hydrogens is 364 g/mol. The van der Waals surface area contributed by atoms with Gasteiger partial charge in [-0.2, -0.15) is 0 Å². The van der Waals surface area contributed by atoms with Crippen molar-refractivity contribution in [1.82, 2.24) is 20.1 Å². The van der Waals surface area contributed by atoms with E-state index in [-0.39, 0.29) is 24.6 Å². The van der Waals surface area contributed by atoms with E-state index in [1.54, 1.807) is 21.1 Å². The molecule has 1 aliphatic rings. The van der Waals surface area contributed by atoms with E-state index in [1.165, 1.54) is 0 Å². The van der Waals surface area contributed by atoms with Crippen LogP contribution in [0, 0.1) is 6.92 Å². The lowest BCUT2D eigenvalue weighted by molar-refractivity contribution is -0.134. The Balaban J connectivity index is 1.42. The summed E-state index contributed by atoms with van der Waals surface area (Å²) >= 11 is 1.54. The molecule has 1 aromatic carbocycles. The first kappa shape index (κ1) is 19.2. The molecule has 0 aliphatic carbocycles. The van der Waals surface area contributed by atoms with E-state index in [9.17, 15) is 9.59 Å². The van der Waals surface area contributed by atoms with Crippen LogP contribution < -0.4 is 10.1 Å². The summed E-state index contributed by atoms with van der Waals surface area (Å²) in [6.45, 7) is 5.91. The molecule has 1 aromatic heterocycles. The monoisotopic (exact) mass is 388 g/mol. The van der Waals surface area contributed by atoms with Crippen molar-refractivity contribution in [3.8, 4) is 5.75 Å². The zero-order valence-corrected chi connectivity index (χ0v) is 16.4. The van der Waals surface area contributed by atoms with E-state index in [0.29, 0.717) is 31.9 Å². The maximum absolute atomic E-state index is 12.4. The van der Waals surface area contributed by atoms with Crippen LogP contribution >= 0.6 is 11.3 Å². The van der Waals surface area contributed by atoms with Gasteiger partial charge in [0.05, 0.1) is 6.04 Å². The fraction of sp³-hybridized carbons (Fsp3) is 0.421. The predicted molar refractivity (Wildman–Crippen MR) is 104 cm³/mol. The maximum Gasteiger partial charge on any atom is 0.318 e. The number of amides is 3. The van der Waals surface area contributed by atoms with Crippen LogP contribution in [0.4, 0.5) is 4.79 Å². The molecule has 1 unspecified atom stereocenters. The van der Waals surface area contributed by atoms with Crippen LogP contribution in [0.2, 0.25) is 0 Å². The average Bonchev–Trinajstić information content (AvgIpc) is 3.13. The Kier molecular flexibility index (Phi) is 6.28. The largest absolute Gasteiger partial charge is 0.484 e. The zero-order chi connectivity index (χ0) is 19.2. The first-order valence-electron chi connectivity index (χ1n) is 8.96. The molecule has 3 amide bonds. The highest BCUT2D eigenvalue weighted by molar-refractivity contribution is 7.09. The summed E-state index contributed by atoms with van der Waals surface area (Å²) in [4.78, 5) is 32.6. The van der Waals surface area contributed by atoms with Gasteiger partial charge in [0.2, 0.25) is 0 Å². The lowest BCUT2D eigenvalue weighted by Gasteiger charge is -2.35. The number of nitrogens with zero attached hydrogens (tertiary/aromatic N) is 3. The molecule has 7 nitrogen and oxygen atoms in total. The number of rotatable bonds is 5. The fourth-order valence-electron chi connectivity index (χ4n) is 2.82. The minimum Gasteiger partial charge on any atom is -0.484 e. The third kappa shape index (κ3) is 5.19. The average molecular weight is 388 g/mol. The molecule has 27 heavy (non-hydrogen) atoms. The van der Waals surface area contributed by atoms with E-state index in [0.717, 1.165) is 10.7 Å². The van der Waals surface area contributed by atoms with Gasteiger partial charge in [-0.3, -0.25) is 4.79 Å². The molecular formula is C19H24N4O3S. The highest BCUT2D eigenvalue weighted by Crippen LogP contribution is 2.18. The van der Waals surface area contributed by atoms with Crippen molar-refractivity contribution >= 4 is 23.3 Å². The van der Waals surface area contributed by atoms with E-state index in [4.69, 9.17) is 4.74 Å². The summed E-state index contributed by atoms with van der Waals surface area (Å²) in [5.41, 5.74) is 0.959. The zero-order valence-electron chi connectivity index (χ0n) is 15.6. The minimum atomic E-state index is -0.130. The molecule has 144 valence electrons. The highest BCUT2D eigenvalue weighted by Gasteiger charge is 2.25. The smallest absolute Gasteiger partial charge is 0.318 e. The van der Waals surface area contributed by atoms with Gasteiger partial charge in [-0.1, -0.05) is 18.2 Å². The predicted octanol–water partition coefficient (Wildman–Crippen LogP) is 2.45. The van der Waals surface area contributed by atoms with E-state index >= 15 is 0 Å². The second-order valence-corrected chi connectivity index (χ2v) is 7.36. The van der Waals surface area contributed by atoms with Crippen LogP contribution in [0.25, 0.3) is 0 Å². The van der Waals surface area contributed by atoms with Crippen molar-refractivity contribution < 1.29 is 14.3 Å². The SMILES string of the molecule is Cc1csc(C(C)NC(=O)N2CCN(C(=O)COc3ccccc3)CC2)n1. The number of nitrogens with one attached hydrogen (secondary N) is 1. The van der Waals surface area contributed by atoms with Gasteiger partial charge in [-0.25, -0.2) is 9.78 Å². The summed E-state index contributed by atoms with van der Waals surface area (Å²) in [5.74, 6) is 0.612. The summed E-state index contributed by atoms with van der Waals surface area (Å²) in [6, 6.07) is 9.02. The van der Waals surface area contributed by atoms with Gasteiger partial charge in [0, 0.05) is 37.3 Å². The number of ether oxygens (including phenoxy) is 1. The van der Waals surface area contributed by atoms with Crippen LogP contribution in [0.15, 0.2) is 35.7 Å². The molecule has 0 radical (unpaired) electrons. The Labute approximate surface area is 162 Å². The lowest BCUT2D eigenvalue weighted by Crippen LogP contribution is -2.54. The number of urea groups is 1. The molecule has 3 rings (SSSR count). The van der Waals surface area contributed by atoms with Gasteiger partial charge >= 0.3 is 6.03 Å². The van der Waals surface area contributed by atoms with Crippen molar-refractivity contribution in [2.24, 2.45) is 0 Å². The van der Waals surface area contributed by atoms with Crippen molar-refractivity contribution in [3.63, 3.8) is 0 Å². The van der Waals surface area contributed by atoms with Crippen molar-refractivity contribution in [2.75, 3.05) is 32.8 Å². The van der Waals surface area contributed by atoms with Crippen molar-refractivity contribution in [2.45, 2.75) is 19.9 Å². The molecule has 1 saturated heterocycles. The summed E-state index contributed by atoms with van der Waals surface area (Å²) in [5, 5.41) is 5.84. The number of piperazine rings is 1. The number of carbonyl (C=O) groups is 2. The molecule has 1 fully saturated rings. The number of thiazole rings is 1. The molecule has 0 saturated carbocycles. The molecule has 2 aromatic rings. The van der Waals surface area contributed by atoms with Crippen LogP contribution in [-0.4, -0.2) is 59.5 Å². The molecule has 0 bridgehead atoms. The van der Waals surface area contributed by atoms with Gasteiger partial charge in [0.15, 0.2) is 6.61 Å². The Bertz CT molecular complexity index is 772. The Morgan fingerprint density at radius 1 is 1.19 bits per heavy atom. The lowest BCUT2D eigenvalue weighted by atomic mass is 10.3. The number of benzene rings is 1. The van der Waals surface area contributed by atoms with E-state index in [2.05, 4.69) is 10.3 Å². The molecule has 1 N–H and O–H groups in total. The van der Waals surface area contributed by atoms with Crippen LogP contribution in [0.3, 0.4) is 0 Å². The topological polar surface area (TPSA) is 74.8 Å². The number of hydrogen-bond donors (Lipinski definition) is 1. The van der Waals surface area contributed by atoms with Crippen molar-refractivity contribution in [3.05, 3.63) is 46.4 Å². The van der Waals surface area contributed by atoms with Crippen molar-refractivity contribution in [1.29, 1.82) is 0 Å². The minimum absolute atomic E-state index is 0.0106. The van der Waals surface area contributed by atoms with Crippen LogP contribution in [-0.2, 0) is 4.79 Å². The molecule has 1 atom stereocenters. The fourth-order valence-corrected chi connectivity index (χ4v) is 3.63. The normalized spacial score (nSPS) is 15.3. The number of carbonyl (C=O) groups excluding carboxylic acids is 2. The van der Waals surface area contributed by atoms with Gasteiger partial charge in [0.25, 0.3) is 5.91 Å². The number of hydrogen-bond acceptors (Lipinski definition) is 5. The Morgan fingerprint density at radius 3 is 2.48 bits per heavy atom. The standard InChI is InChI=1S/C19H24N4O3S/c1-14-13-27-18(20-14)15(2)21-19(25)23-10-8-22(9-11-23)17(24)12-26-16-6-4-3-5-7-16/h3-7,13,15H,8-12H2,1-2H3,(H,21,25). The maximum atomic E-state index is 12.4. The summed E-state index contributed by atoms with van der Waals surface area (Å²) in [6.07, 6.45) is 0. The number of aromatic nitrogens is 1. The van der Waals surface area contributed by atoms with E-state index in [1.807, 2.05) is 49.6 Å². The molecule has 8 heteroatoms. The number of para-hydroxylation sites is 1. The second kappa shape index (κ2) is 8.85. The quantitative estimate of drug-likeness (QED) is 0.854. The summed E-state index contributed by atoms with van der Waals surface area (Å²) in [7, 11) is 0. The van der Waals surface area contributed by atoms with Gasteiger partial charge in [-0.05, 0) is 26.0 Å². The highest BCUT2D eigenvalue weighted by atomic mass is 32.1. The third-order valence-electron chi connectivity index (χ3n) is 4.37. The molecule has 1 aliphatic heterocycles. The first-order valence-corrected chi connectivity index (χ1v) is 9.84.